The fourth-order valence-corrected chi connectivity index (χ4v) is 0.952. The van der Waals surface area contributed by atoms with E-state index < -0.39 is 22.4 Å². The fourth-order valence-electron chi connectivity index (χ4n) is 0.654. The predicted octanol–water partition coefficient (Wildman–Crippen LogP) is 1.09. The van der Waals surface area contributed by atoms with Gasteiger partial charge in [0.15, 0.2) is 0 Å². The van der Waals surface area contributed by atoms with Crippen molar-refractivity contribution in [1.82, 2.24) is 0 Å². The van der Waals surface area contributed by atoms with Crippen molar-refractivity contribution in [3.05, 3.63) is 12.7 Å². The van der Waals surface area contributed by atoms with Crippen molar-refractivity contribution >= 4 is 37.2 Å². The van der Waals surface area contributed by atoms with Crippen molar-refractivity contribution < 1.29 is 24.9 Å². The molecule has 0 fully saturated rings. The molecule has 5 nitrogen and oxygen atoms in total. The Kier molecular flexibility index (Phi) is 13.0. The van der Waals surface area contributed by atoms with Gasteiger partial charge in [0.25, 0.3) is 0 Å². The zero-order valence-electron chi connectivity index (χ0n) is 9.32. The van der Waals surface area contributed by atoms with Gasteiger partial charge in [0.2, 0.25) is 0 Å². The summed E-state index contributed by atoms with van der Waals surface area (Å²) in [4.78, 5) is 20.5. The van der Waals surface area contributed by atoms with Crippen molar-refractivity contribution in [2.24, 2.45) is 0 Å². The number of aliphatic hydroxyl groups is 1. The lowest BCUT2D eigenvalue weighted by atomic mass is 10.2. The van der Waals surface area contributed by atoms with Crippen LogP contribution in [0.1, 0.15) is 19.3 Å². The number of carboxylic acid groups (broad SMARTS) is 2. The van der Waals surface area contributed by atoms with Crippen LogP contribution in [-0.4, -0.2) is 44.4 Å². The van der Waals surface area contributed by atoms with Crippen molar-refractivity contribution in [1.29, 1.82) is 0 Å². The molecular formula is C10H18O5S2. The van der Waals surface area contributed by atoms with Crippen LogP contribution in [0.4, 0.5) is 0 Å². The molecule has 0 radical (unpaired) electrons. The molecule has 0 aliphatic carbocycles. The maximum atomic E-state index is 10.2. The summed E-state index contributed by atoms with van der Waals surface area (Å²) in [5, 5.41) is 23.2. The van der Waals surface area contributed by atoms with Crippen molar-refractivity contribution in [2.75, 3.05) is 6.61 Å². The molecule has 0 aliphatic rings. The average molecular weight is 282 g/mol. The molecule has 0 aliphatic heterocycles. The molecule has 0 aromatic heterocycles. The van der Waals surface area contributed by atoms with Gasteiger partial charge in [-0.15, -0.1) is 6.58 Å². The molecular weight excluding hydrogens is 264 g/mol. The van der Waals surface area contributed by atoms with Crippen LogP contribution in [-0.2, 0) is 9.59 Å². The van der Waals surface area contributed by atoms with E-state index in [0.29, 0.717) is 6.42 Å². The van der Waals surface area contributed by atoms with Gasteiger partial charge in [0, 0.05) is 6.61 Å². The van der Waals surface area contributed by atoms with E-state index in [1.807, 2.05) is 0 Å². The highest BCUT2D eigenvalue weighted by molar-refractivity contribution is 7.82. The summed E-state index contributed by atoms with van der Waals surface area (Å²) in [7, 11) is 0. The summed E-state index contributed by atoms with van der Waals surface area (Å²) in [5.74, 6) is -2.08. The molecule has 3 N–H and O–H groups in total. The quantitative estimate of drug-likeness (QED) is 0.356. The van der Waals surface area contributed by atoms with Crippen LogP contribution >= 0.6 is 25.3 Å². The van der Waals surface area contributed by atoms with Crippen LogP contribution in [0, 0.1) is 0 Å². The lowest BCUT2D eigenvalue weighted by Gasteiger charge is -2.07. The number of thiol groups is 2. The highest BCUT2D eigenvalue weighted by Gasteiger charge is 2.17. The van der Waals surface area contributed by atoms with Crippen molar-refractivity contribution in [3.63, 3.8) is 0 Å². The number of carbonyl (C=O) groups is 2. The predicted molar refractivity (Wildman–Crippen MR) is 72.0 cm³/mol. The molecule has 0 saturated carbocycles. The van der Waals surface area contributed by atoms with Crippen LogP contribution in [0.15, 0.2) is 12.7 Å². The first kappa shape index (κ1) is 18.7. The monoisotopic (exact) mass is 282 g/mol. The fraction of sp³-hybridized carbons (Fsp3) is 0.600. The van der Waals surface area contributed by atoms with Gasteiger partial charge < -0.3 is 15.3 Å². The van der Waals surface area contributed by atoms with E-state index in [1.54, 1.807) is 6.08 Å². The molecule has 2 unspecified atom stereocenters. The average Bonchev–Trinajstić information content (AvgIpc) is 2.26. The summed E-state index contributed by atoms with van der Waals surface area (Å²) < 4.78 is 0. The summed E-state index contributed by atoms with van der Waals surface area (Å²) in [5.41, 5.74) is 0. The van der Waals surface area contributed by atoms with E-state index in [1.165, 1.54) is 0 Å². The van der Waals surface area contributed by atoms with Gasteiger partial charge in [-0.3, -0.25) is 9.59 Å². The third kappa shape index (κ3) is 13.3. The molecule has 17 heavy (non-hydrogen) atoms. The van der Waals surface area contributed by atoms with E-state index in [9.17, 15) is 9.59 Å². The molecule has 0 bridgehead atoms. The van der Waals surface area contributed by atoms with Gasteiger partial charge in [-0.1, -0.05) is 6.08 Å². The molecule has 0 amide bonds. The largest absolute Gasteiger partial charge is 0.480 e. The van der Waals surface area contributed by atoms with Gasteiger partial charge in [0.05, 0.1) is 10.5 Å². The van der Waals surface area contributed by atoms with Crippen LogP contribution in [0.5, 0.6) is 0 Å². The minimum atomic E-state index is -1.04. The Morgan fingerprint density at radius 2 is 1.47 bits per heavy atom. The number of carboxylic acids is 2. The molecule has 0 rings (SSSR count). The standard InChI is InChI=1S/C6H10O4S2.C4H8O/c7-5(8)3(11)1-2-4(12)6(9)10;1-2-3-4-5/h3-4,11-12H,1-2H2,(H,7,8)(H,9,10);2,5H,1,3-4H2. The van der Waals surface area contributed by atoms with E-state index in [4.69, 9.17) is 15.3 Å². The summed E-state index contributed by atoms with van der Waals surface area (Å²) in [6.07, 6.45) is 2.80. The van der Waals surface area contributed by atoms with Crippen molar-refractivity contribution in [3.8, 4) is 0 Å². The summed E-state index contributed by atoms with van der Waals surface area (Å²) >= 11 is 7.48. The minimum absolute atomic E-state index is 0.207. The smallest absolute Gasteiger partial charge is 0.316 e. The number of rotatable bonds is 7. The molecule has 0 heterocycles. The molecule has 0 aromatic rings. The normalized spacial score (nSPS) is 12.9. The number of hydrogen-bond acceptors (Lipinski definition) is 5. The minimum Gasteiger partial charge on any atom is -0.480 e. The topological polar surface area (TPSA) is 94.8 Å². The number of aliphatic carboxylic acids is 2. The van der Waals surface area contributed by atoms with E-state index >= 15 is 0 Å². The first-order chi connectivity index (χ1) is 7.86. The lowest BCUT2D eigenvalue weighted by molar-refractivity contribution is -0.138. The maximum Gasteiger partial charge on any atom is 0.316 e. The molecule has 0 aromatic carbocycles. The van der Waals surface area contributed by atoms with Crippen LogP contribution in [0.2, 0.25) is 0 Å². The number of aliphatic hydroxyl groups excluding tert-OH is 1. The van der Waals surface area contributed by atoms with Gasteiger partial charge in [-0.2, -0.15) is 25.3 Å². The Bertz CT molecular complexity index is 225. The Labute approximate surface area is 111 Å². The van der Waals surface area contributed by atoms with Crippen LogP contribution in [0.25, 0.3) is 0 Å². The first-order valence-corrected chi connectivity index (χ1v) is 5.93. The molecule has 0 spiro atoms. The van der Waals surface area contributed by atoms with E-state index in [-0.39, 0.29) is 19.4 Å². The second-order valence-electron chi connectivity index (χ2n) is 3.09. The van der Waals surface area contributed by atoms with Crippen LogP contribution < -0.4 is 0 Å². The lowest BCUT2D eigenvalue weighted by Crippen LogP contribution is -2.19. The Morgan fingerprint density at radius 3 is 1.59 bits per heavy atom. The molecule has 2 atom stereocenters. The van der Waals surface area contributed by atoms with Gasteiger partial charge >= 0.3 is 11.9 Å². The number of hydrogen-bond donors (Lipinski definition) is 5. The second-order valence-corrected chi connectivity index (χ2v) is 4.33. The Hall–Kier alpha value is -0.660. The molecule has 7 heteroatoms. The zero-order chi connectivity index (χ0) is 13.8. The van der Waals surface area contributed by atoms with Gasteiger partial charge in [-0.25, -0.2) is 0 Å². The SMILES string of the molecule is C=CCCO.O=C(O)C(S)CCC(S)C(=O)O. The van der Waals surface area contributed by atoms with Crippen molar-refractivity contribution in [2.45, 2.75) is 29.8 Å². The van der Waals surface area contributed by atoms with Gasteiger partial charge in [0.1, 0.15) is 0 Å². The Balaban J connectivity index is 0. The molecule has 100 valence electrons. The highest BCUT2D eigenvalue weighted by atomic mass is 32.1. The van der Waals surface area contributed by atoms with E-state index in [0.717, 1.165) is 0 Å². The van der Waals surface area contributed by atoms with Gasteiger partial charge in [-0.05, 0) is 19.3 Å². The molecule has 0 saturated heterocycles. The summed E-state index contributed by atoms with van der Waals surface area (Å²) in [6, 6.07) is 0. The summed E-state index contributed by atoms with van der Waals surface area (Å²) in [6.45, 7) is 3.62. The zero-order valence-corrected chi connectivity index (χ0v) is 11.1. The third-order valence-corrected chi connectivity index (χ3v) is 2.58. The van der Waals surface area contributed by atoms with Crippen LogP contribution in [0.3, 0.4) is 0 Å². The maximum absolute atomic E-state index is 10.2. The first-order valence-electron chi connectivity index (χ1n) is 4.90. The Morgan fingerprint density at radius 1 is 1.12 bits per heavy atom. The second kappa shape index (κ2) is 11.8. The highest BCUT2D eigenvalue weighted by Crippen LogP contribution is 2.11. The third-order valence-electron chi connectivity index (χ3n) is 1.62. The van der Waals surface area contributed by atoms with E-state index in [2.05, 4.69) is 31.8 Å².